The van der Waals surface area contributed by atoms with Crippen LogP contribution in [0, 0.1) is 0 Å². The molecular formula is C8H12N2O2S. The molecule has 0 unspecified atom stereocenters. The minimum Gasteiger partial charge on any atom is -0.453 e. The molecule has 0 aromatic heterocycles. The van der Waals surface area contributed by atoms with Crippen molar-refractivity contribution in [1.29, 1.82) is 0 Å². The minimum atomic E-state index is -0.704. The molecule has 2 aliphatic rings. The number of ether oxygens (including phenoxy) is 1. The van der Waals surface area contributed by atoms with E-state index >= 15 is 0 Å². The van der Waals surface area contributed by atoms with E-state index in [0.29, 0.717) is 0 Å². The van der Waals surface area contributed by atoms with Crippen molar-refractivity contribution in [3.63, 3.8) is 0 Å². The summed E-state index contributed by atoms with van der Waals surface area (Å²) in [6.45, 7) is 0. The van der Waals surface area contributed by atoms with Gasteiger partial charge in [-0.05, 0) is 37.9 Å². The zero-order chi connectivity index (χ0) is 9.47. The fourth-order valence-electron chi connectivity index (χ4n) is 2.00. The van der Waals surface area contributed by atoms with E-state index in [1.54, 1.807) is 0 Å². The highest BCUT2D eigenvalue weighted by Gasteiger charge is 2.51. The van der Waals surface area contributed by atoms with E-state index in [9.17, 15) is 4.79 Å². The van der Waals surface area contributed by atoms with Crippen molar-refractivity contribution in [2.45, 2.75) is 37.7 Å². The van der Waals surface area contributed by atoms with Gasteiger partial charge in [-0.1, -0.05) is 6.42 Å². The van der Waals surface area contributed by atoms with Gasteiger partial charge in [0.05, 0.1) is 0 Å². The van der Waals surface area contributed by atoms with E-state index in [-0.39, 0.29) is 11.1 Å². The lowest BCUT2D eigenvalue weighted by Gasteiger charge is -2.28. The first-order chi connectivity index (χ1) is 6.16. The van der Waals surface area contributed by atoms with E-state index in [2.05, 4.69) is 0 Å². The maximum absolute atomic E-state index is 11.7. The summed E-state index contributed by atoms with van der Waals surface area (Å²) in [5.74, 6) is 5.28. The van der Waals surface area contributed by atoms with Gasteiger partial charge >= 0.3 is 0 Å². The zero-order valence-electron chi connectivity index (χ0n) is 7.28. The third-order valence-electron chi connectivity index (χ3n) is 2.75. The Hall–Kier alpha value is -0.680. The van der Waals surface area contributed by atoms with Gasteiger partial charge in [-0.2, -0.15) is 0 Å². The first-order valence-corrected chi connectivity index (χ1v) is 4.89. The van der Waals surface area contributed by atoms with Crippen LogP contribution in [0.4, 0.5) is 0 Å². The summed E-state index contributed by atoms with van der Waals surface area (Å²) in [4.78, 5) is 11.7. The normalized spacial score (nSPS) is 26.7. The van der Waals surface area contributed by atoms with E-state index in [4.69, 9.17) is 22.8 Å². The van der Waals surface area contributed by atoms with Crippen molar-refractivity contribution < 1.29 is 9.53 Å². The molecule has 0 aromatic rings. The van der Waals surface area contributed by atoms with Gasteiger partial charge in [0.2, 0.25) is 0 Å². The van der Waals surface area contributed by atoms with Gasteiger partial charge in [0.15, 0.2) is 5.60 Å². The molecule has 5 heteroatoms. The number of nitrogens with zero attached hydrogens (tertiary/aromatic N) is 1. The highest BCUT2D eigenvalue weighted by Crippen LogP contribution is 2.36. The Labute approximate surface area is 82.0 Å². The summed E-state index contributed by atoms with van der Waals surface area (Å²) in [7, 11) is 0. The van der Waals surface area contributed by atoms with E-state index < -0.39 is 5.60 Å². The molecule has 4 nitrogen and oxygen atoms in total. The number of amides is 1. The quantitative estimate of drug-likeness (QED) is 0.355. The summed E-state index contributed by atoms with van der Waals surface area (Å²) in [6.07, 6.45) is 4.69. The molecule has 1 amide bonds. The van der Waals surface area contributed by atoms with Crippen molar-refractivity contribution in [3.8, 4) is 0 Å². The van der Waals surface area contributed by atoms with E-state index in [0.717, 1.165) is 37.1 Å². The molecule has 2 N–H and O–H groups in total. The van der Waals surface area contributed by atoms with Crippen molar-refractivity contribution in [3.05, 3.63) is 0 Å². The minimum absolute atomic E-state index is 0.118. The molecule has 2 fully saturated rings. The van der Waals surface area contributed by atoms with Crippen LogP contribution < -0.4 is 5.84 Å². The van der Waals surface area contributed by atoms with Gasteiger partial charge in [0, 0.05) is 0 Å². The van der Waals surface area contributed by atoms with Crippen LogP contribution in [-0.4, -0.2) is 21.7 Å². The summed E-state index contributed by atoms with van der Waals surface area (Å²) < 4.78 is 5.40. The van der Waals surface area contributed by atoms with Crippen molar-refractivity contribution in [1.82, 2.24) is 5.01 Å². The summed E-state index contributed by atoms with van der Waals surface area (Å²) in [6, 6.07) is 0. The average Bonchev–Trinajstić information content (AvgIpc) is 2.33. The van der Waals surface area contributed by atoms with Crippen LogP contribution in [0.25, 0.3) is 0 Å². The standard InChI is InChI=1S/C8H12N2O2S/c9-10-6(11)8(12-7(10)13)4-2-1-3-5-8/h1-5,9H2. The number of hydrogen-bond donors (Lipinski definition) is 1. The summed E-state index contributed by atoms with van der Waals surface area (Å²) in [5.41, 5.74) is -0.704. The van der Waals surface area contributed by atoms with Gasteiger partial charge < -0.3 is 4.74 Å². The van der Waals surface area contributed by atoms with Crippen LogP contribution in [0.3, 0.4) is 0 Å². The Morgan fingerprint density at radius 3 is 2.46 bits per heavy atom. The third-order valence-corrected chi connectivity index (χ3v) is 3.03. The van der Waals surface area contributed by atoms with E-state index in [1.807, 2.05) is 0 Å². The van der Waals surface area contributed by atoms with Crippen LogP contribution in [0.5, 0.6) is 0 Å². The zero-order valence-corrected chi connectivity index (χ0v) is 8.10. The fourth-order valence-corrected chi connectivity index (χ4v) is 2.24. The second-order valence-corrected chi connectivity index (χ2v) is 3.95. The van der Waals surface area contributed by atoms with Gasteiger partial charge in [-0.25, -0.2) is 10.9 Å². The SMILES string of the molecule is NN1C(=O)C2(CCCCC2)OC1=S. The molecule has 0 bridgehead atoms. The maximum Gasteiger partial charge on any atom is 0.288 e. The van der Waals surface area contributed by atoms with Gasteiger partial charge in [0.1, 0.15) is 0 Å². The molecule has 72 valence electrons. The van der Waals surface area contributed by atoms with Crippen LogP contribution >= 0.6 is 12.2 Å². The molecule has 0 atom stereocenters. The van der Waals surface area contributed by atoms with Crippen LogP contribution in [-0.2, 0) is 9.53 Å². The summed E-state index contributed by atoms with van der Waals surface area (Å²) >= 11 is 4.83. The number of nitrogens with two attached hydrogens (primary N) is 1. The summed E-state index contributed by atoms with van der Waals surface area (Å²) in [5, 5.41) is 1.08. The van der Waals surface area contributed by atoms with Crippen molar-refractivity contribution in [2.24, 2.45) is 5.84 Å². The van der Waals surface area contributed by atoms with Crippen LogP contribution in [0.1, 0.15) is 32.1 Å². The lowest BCUT2D eigenvalue weighted by Crippen LogP contribution is -2.45. The largest absolute Gasteiger partial charge is 0.453 e. The number of hydrazine groups is 1. The Kier molecular flexibility index (Phi) is 2.00. The number of carbonyl (C=O) groups excluding carboxylic acids is 1. The van der Waals surface area contributed by atoms with Gasteiger partial charge in [-0.3, -0.25) is 4.79 Å². The molecule has 1 heterocycles. The lowest BCUT2D eigenvalue weighted by molar-refractivity contribution is -0.139. The van der Waals surface area contributed by atoms with Gasteiger partial charge in [0.25, 0.3) is 11.1 Å². The predicted octanol–water partition coefficient (Wildman–Crippen LogP) is 0.707. The number of thiocarbonyl (C=S) groups is 1. The molecule has 13 heavy (non-hydrogen) atoms. The molecule has 1 aliphatic heterocycles. The molecule has 2 rings (SSSR count). The van der Waals surface area contributed by atoms with Crippen LogP contribution in [0.15, 0.2) is 0 Å². The maximum atomic E-state index is 11.7. The fraction of sp³-hybridized carbons (Fsp3) is 0.750. The van der Waals surface area contributed by atoms with Gasteiger partial charge in [-0.15, -0.1) is 0 Å². The number of carbonyl (C=O) groups is 1. The molecular weight excluding hydrogens is 188 g/mol. The molecule has 1 spiro atoms. The Bertz CT molecular complexity index is 261. The lowest BCUT2D eigenvalue weighted by atomic mass is 9.84. The number of hydrogen-bond acceptors (Lipinski definition) is 4. The molecule has 1 aliphatic carbocycles. The first kappa shape index (κ1) is 8.90. The Morgan fingerprint density at radius 1 is 1.38 bits per heavy atom. The topological polar surface area (TPSA) is 55.6 Å². The Morgan fingerprint density at radius 2 is 2.00 bits per heavy atom. The first-order valence-electron chi connectivity index (χ1n) is 4.48. The third kappa shape index (κ3) is 1.23. The van der Waals surface area contributed by atoms with E-state index in [1.165, 1.54) is 0 Å². The smallest absolute Gasteiger partial charge is 0.288 e. The average molecular weight is 200 g/mol. The van der Waals surface area contributed by atoms with Crippen LogP contribution in [0.2, 0.25) is 0 Å². The Balaban J connectivity index is 2.23. The highest BCUT2D eigenvalue weighted by atomic mass is 32.1. The monoisotopic (exact) mass is 200 g/mol. The number of rotatable bonds is 0. The van der Waals surface area contributed by atoms with Crippen molar-refractivity contribution in [2.75, 3.05) is 0 Å². The second kappa shape index (κ2) is 2.92. The molecule has 1 saturated heterocycles. The second-order valence-electron chi connectivity index (χ2n) is 3.60. The molecule has 0 radical (unpaired) electrons. The molecule has 1 saturated carbocycles. The predicted molar refractivity (Wildman–Crippen MR) is 50.5 cm³/mol. The molecule has 0 aromatic carbocycles. The van der Waals surface area contributed by atoms with Crippen molar-refractivity contribution >= 4 is 23.3 Å². The highest BCUT2D eigenvalue weighted by molar-refractivity contribution is 7.80.